The Labute approximate surface area is 158 Å². The van der Waals surface area contributed by atoms with Gasteiger partial charge in [-0.2, -0.15) is 0 Å². The van der Waals surface area contributed by atoms with Gasteiger partial charge in [0, 0.05) is 39.3 Å². The maximum absolute atomic E-state index is 11.8. The average molecular weight is 368 g/mol. The fraction of sp³-hybridized carbons (Fsp3) is 0.895. The number of nitrogens with one attached hydrogen (secondary N) is 2. The van der Waals surface area contributed by atoms with Crippen LogP contribution in [0.25, 0.3) is 0 Å². The van der Waals surface area contributed by atoms with Crippen molar-refractivity contribution in [2.45, 2.75) is 52.0 Å². The van der Waals surface area contributed by atoms with Gasteiger partial charge in [0.1, 0.15) is 0 Å². The fourth-order valence-electron chi connectivity index (χ4n) is 3.73. The molecule has 1 amide bonds. The summed E-state index contributed by atoms with van der Waals surface area (Å²) in [6.45, 7) is 10.6. The summed E-state index contributed by atoms with van der Waals surface area (Å²) in [5.41, 5.74) is 0. The molecule has 0 bridgehead atoms. The minimum atomic E-state index is -0.194. The van der Waals surface area contributed by atoms with Crippen LogP contribution in [0.15, 0.2) is 4.99 Å². The summed E-state index contributed by atoms with van der Waals surface area (Å²) in [7, 11) is 1.82. The maximum Gasteiger partial charge on any atom is 0.409 e. The third kappa shape index (κ3) is 7.02. The summed E-state index contributed by atoms with van der Waals surface area (Å²) in [6, 6.07) is 0.351. The number of carbonyl (C=O) groups is 1. The van der Waals surface area contributed by atoms with Gasteiger partial charge in [-0.25, -0.2) is 4.79 Å². The molecule has 2 aliphatic heterocycles. The molecular weight excluding hydrogens is 330 g/mol. The monoisotopic (exact) mass is 367 g/mol. The first-order chi connectivity index (χ1) is 12.6. The molecule has 0 spiro atoms. The number of piperidine rings is 2. The Morgan fingerprint density at radius 3 is 2.50 bits per heavy atom. The molecule has 1 unspecified atom stereocenters. The number of amides is 1. The van der Waals surface area contributed by atoms with E-state index in [-0.39, 0.29) is 6.09 Å². The molecule has 0 saturated carbocycles. The van der Waals surface area contributed by atoms with Gasteiger partial charge in [-0.3, -0.25) is 4.99 Å². The van der Waals surface area contributed by atoms with E-state index in [1.54, 1.807) is 4.90 Å². The normalized spacial score (nSPS) is 21.3. The molecule has 1 atom stereocenters. The lowest BCUT2D eigenvalue weighted by Gasteiger charge is -2.33. The smallest absolute Gasteiger partial charge is 0.409 e. The van der Waals surface area contributed by atoms with E-state index in [1.807, 2.05) is 14.0 Å². The summed E-state index contributed by atoms with van der Waals surface area (Å²) >= 11 is 0. The van der Waals surface area contributed by atoms with Crippen molar-refractivity contribution in [2.75, 3.05) is 52.9 Å². The quantitative estimate of drug-likeness (QED) is 0.554. The minimum absolute atomic E-state index is 0.194. The Hall–Kier alpha value is -1.50. The van der Waals surface area contributed by atoms with E-state index >= 15 is 0 Å². The van der Waals surface area contributed by atoms with E-state index in [0.29, 0.717) is 18.6 Å². The molecule has 2 N–H and O–H groups in total. The number of carbonyl (C=O) groups excluding carboxylic acids is 1. The van der Waals surface area contributed by atoms with Crippen LogP contribution in [0.3, 0.4) is 0 Å². The van der Waals surface area contributed by atoms with Crippen LogP contribution in [0.1, 0.15) is 46.0 Å². The molecule has 0 aliphatic carbocycles. The zero-order valence-corrected chi connectivity index (χ0v) is 16.8. The van der Waals surface area contributed by atoms with Crippen LogP contribution in [0.4, 0.5) is 4.79 Å². The number of hydrogen-bond donors (Lipinski definition) is 2. The summed E-state index contributed by atoms with van der Waals surface area (Å²) in [6.07, 6.45) is 5.71. The van der Waals surface area contributed by atoms with Crippen LogP contribution in [0.5, 0.6) is 0 Å². The van der Waals surface area contributed by atoms with E-state index in [2.05, 4.69) is 27.4 Å². The highest BCUT2D eigenvalue weighted by molar-refractivity contribution is 5.80. The lowest BCUT2D eigenvalue weighted by Crippen LogP contribution is -2.50. The zero-order valence-electron chi connectivity index (χ0n) is 16.8. The van der Waals surface area contributed by atoms with Crippen LogP contribution in [0, 0.1) is 5.92 Å². The second kappa shape index (κ2) is 11.3. The van der Waals surface area contributed by atoms with Gasteiger partial charge in [0.2, 0.25) is 0 Å². The average Bonchev–Trinajstić information content (AvgIpc) is 2.66. The van der Waals surface area contributed by atoms with Crippen molar-refractivity contribution in [1.82, 2.24) is 20.4 Å². The molecule has 7 nitrogen and oxygen atoms in total. The largest absolute Gasteiger partial charge is 0.450 e. The SMILES string of the molecule is CCOC(=O)N1CCC(NC(=NC)NCC(C)CN2CCCCC2)CC1. The minimum Gasteiger partial charge on any atom is -0.450 e. The fourth-order valence-corrected chi connectivity index (χ4v) is 3.73. The molecule has 0 aromatic rings. The zero-order chi connectivity index (χ0) is 18.8. The molecule has 26 heavy (non-hydrogen) atoms. The molecular formula is C19H37N5O2. The highest BCUT2D eigenvalue weighted by Crippen LogP contribution is 2.12. The first-order valence-electron chi connectivity index (χ1n) is 10.2. The van der Waals surface area contributed by atoms with Gasteiger partial charge in [-0.15, -0.1) is 0 Å². The molecule has 2 saturated heterocycles. The van der Waals surface area contributed by atoms with E-state index in [0.717, 1.165) is 45.0 Å². The summed E-state index contributed by atoms with van der Waals surface area (Å²) in [4.78, 5) is 20.5. The van der Waals surface area contributed by atoms with E-state index in [1.165, 1.54) is 32.4 Å². The van der Waals surface area contributed by atoms with E-state index < -0.39 is 0 Å². The second-order valence-electron chi connectivity index (χ2n) is 7.52. The molecule has 0 radical (unpaired) electrons. The summed E-state index contributed by atoms with van der Waals surface area (Å²) in [5.74, 6) is 1.46. The molecule has 2 fully saturated rings. The van der Waals surface area contributed by atoms with Crippen molar-refractivity contribution in [3.8, 4) is 0 Å². The van der Waals surface area contributed by atoms with Crippen molar-refractivity contribution in [3.05, 3.63) is 0 Å². The van der Waals surface area contributed by atoms with Gasteiger partial charge in [0.15, 0.2) is 5.96 Å². The predicted octanol–water partition coefficient (Wildman–Crippen LogP) is 1.89. The van der Waals surface area contributed by atoms with Gasteiger partial charge in [-0.05, 0) is 51.6 Å². The first kappa shape index (κ1) is 20.8. The summed E-state index contributed by atoms with van der Waals surface area (Å²) in [5, 5.41) is 6.97. The Balaban J connectivity index is 1.65. The number of hydrogen-bond acceptors (Lipinski definition) is 4. The standard InChI is InChI=1S/C19H37N5O2/c1-4-26-19(25)24-12-8-17(9-13-24)22-18(20-3)21-14-16(2)15-23-10-6-5-7-11-23/h16-17H,4-15H2,1-3H3,(H2,20,21,22). The Morgan fingerprint density at radius 1 is 1.19 bits per heavy atom. The number of aliphatic imine (C=N–C) groups is 1. The van der Waals surface area contributed by atoms with Crippen molar-refractivity contribution >= 4 is 12.1 Å². The predicted molar refractivity (Wildman–Crippen MR) is 106 cm³/mol. The van der Waals surface area contributed by atoms with Crippen molar-refractivity contribution in [2.24, 2.45) is 10.9 Å². The van der Waals surface area contributed by atoms with E-state index in [9.17, 15) is 4.79 Å². The first-order valence-corrected chi connectivity index (χ1v) is 10.2. The van der Waals surface area contributed by atoms with Crippen molar-refractivity contribution < 1.29 is 9.53 Å². The number of guanidine groups is 1. The van der Waals surface area contributed by atoms with Gasteiger partial charge >= 0.3 is 6.09 Å². The number of likely N-dealkylation sites (tertiary alicyclic amines) is 2. The molecule has 2 aliphatic rings. The highest BCUT2D eigenvalue weighted by Gasteiger charge is 2.24. The van der Waals surface area contributed by atoms with Gasteiger partial charge in [0.25, 0.3) is 0 Å². The molecule has 0 aromatic heterocycles. The topological polar surface area (TPSA) is 69.2 Å². The van der Waals surface area contributed by atoms with Crippen LogP contribution < -0.4 is 10.6 Å². The third-order valence-electron chi connectivity index (χ3n) is 5.22. The van der Waals surface area contributed by atoms with Crippen LogP contribution in [-0.4, -0.2) is 80.8 Å². The number of ether oxygens (including phenoxy) is 1. The maximum atomic E-state index is 11.8. The molecule has 150 valence electrons. The van der Waals surface area contributed by atoms with Gasteiger partial charge in [0.05, 0.1) is 6.61 Å². The molecule has 2 heterocycles. The highest BCUT2D eigenvalue weighted by atomic mass is 16.6. The molecule has 2 rings (SSSR count). The Morgan fingerprint density at radius 2 is 1.88 bits per heavy atom. The lowest BCUT2D eigenvalue weighted by molar-refractivity contribution is 0.0963. The van der Waals surface area contributed by atoms with Crippen molar-refractivity contribution in [3.63, 3.8) is 0 Å². The van der Waals surface area contributed by atoms with Gasteiger partial charge in [-0.1, -0.05) is 13.3 Å². The number of nitrogens with zero attached hydrogens (tertiary/aromatic N) is 3. The Kier molecular flexibility index (Phi) is 9.01. The third-order valence-corrected chi connectivity index (χ3v) is 5.22. The van der Waals surface area contributed by atoms with Crippen LogP contribution in [0.2, 0.25) is 0 Å². The second-order valence-corrected chi connectivity index (χ2v) is 7.52. The van der Waals surface area contributed by atoms with Crippen molar-refractivity contribution in [1.29, 1.82) is 0 Å². The van der Waals surface area contributed by atoms with E-state index in [4.69, 9.17) is 4.74 Å². The number of rotatable bonds is 6. The lowest BCUT2D eigenvalue weighted by atomic mass is 10.1. The van der Waals surface area contributed by atoms with Crippen LogP contribution >= 0.6 is 0 Å². The Bertz CT molecular complexity index is 443. The summed E-state index contributed by atoms with van der Waals surface area (Å²) < 4.78 is 5.07. The van der Waals surface area contributed by atoms with Crippen LogP contribution in [-0.2, 0) is 4.74 Å². The molecule has 0 aromatic carbocycles. The molecule has 7 heteroatoms. The van der Waals surface area contributed by atoms with Gasteiger partial charge < -0.3 is 25.2 Å².